The summed E-state index contributed by atoms with van der Waals surface area (Å²) >= 11 is 0. The lowest BCUT2D eigenvalue weighted by Crippen LogP contribution is -2.34. The summed E-state index contributed by atoms with van der Waals surface area (Å²) in [4.78, 5) is 2.47. The van der Waals surface area contributed by atoms with E-state index < -0.39 is 0 Å². The van der Waals surface area contributed by atoms with E-state index in [9.17, 15) is 0 Å². The first kappa shape index (κ1) is 13.0. The van der Waals surface area contributed by atoms with Crippen LogP contribution in [0, 0.1) is 5.92 Å². The van der Waals surface area contributed by atoms with Gasteiger partial charge < -0.3 is 10.2 Å². The van der Waals surface area contributed by atoms with Gasteiger partial charge in [-0.3, -0.25) is 0 Å². The zero-order valence-electron chi connectivity index (χ0n) is 10.8. The standard InChI is InChI=1S/C13H28N2/c1-4-10-15(3)11-9-12-7-6-8-13(12)14-5-2/h12-14H,4-11H2,1-3H3. The molecule has 0 heterocycles. The summed E-state index contributed by atoms with van der Waals surface area (Å²) in [5, 5.41) is 3.63. The molecule has 0 amide bonds. The molecule has 0 saturated heterocycles. The van der Waals surface area contributed by atoms with E-state index in [1.807, 2.05) is 0 Å². The Morgan fingerprint density at radius 1 is 1.20 bits per heavy atom. The second kappa shape index (κ2) is 7.24. The summed E-state index contributed by atoms with van der Waals surface area (Å²) in [6, 6.07) is 0.810. The van der Waals surface area contributed by atoms with Crippen LogP contribution in [0.4, 0.5) is 0 Å². The topological polar surface area (TPSA) is 15.3 Å². The smallest absolute Gasteiger partial charge is 0.00956 e. The molecule has 0 aromatic heterocycles. The fourth-order valence-corrected chi connectivity index (χ4v) is 2.79. The Labute approximate surface area is 95.4 Å². The van der Waals surface area contributed by atoms with Crippen LogP contribution < -0.4 is 5.32 Å². The van der Waals surface area contributed by atoms with Crippen molar-refractivity contribution in [3.8, 4) is 0 Å². The van der Waals surface area contributed by atoms with Crippen molar-refractivity contribution in [2.75, 3.05) is 26.7 Å². The van der Waals surface area contributed by atoms with Gasteiger partial charge in [-0.1, -0.05) is 20.3 Å². The lowest BCUT2D eigenvalue weighted by Gasteiger charge is -2.23. The van der Waals surface area contributed by atoms with Gasteiger partial charge in [-0.2, -0.15) is 0 Å². The fourth-order valence-electron chi connectivity index (χ4n) is 2.79. The Kier molecular flexibility index (Phi) is 6.26. The van der Waals surface area contributed by atoms with E-state index in [1.165, 1.54) is 45.2 Å². The highest BCUT2D eigenvalue weighted by molar-refractivity contribution is 4.83. The maximum Gasteiger partial charge on any atom is 0.00956 e. The minimum atomic E-state index is 0.810. The Morgan fingerprint density at radius 2 is 2.00 bits per heavy atom. The normalized spacial score (nSPS) is 26.4. The molecule has 2 nitrogen and oxygen atoms in total. The van der Waals surface area contributed by atoms with Crippen LogP contribution in [0.25, 0.3) is 0 Å². The molecule has 15 heavy (non-hydrogen) atoms. The fraction of sp³-hybridized carbons (Fsp3) is 1.00. The Balaban J connectivity index is 2.19. The van der Waals surface area contributed by atoms with Crippen LogP contribution in [0.5, 0.6) is 0 Å². The van der Waals surface area contributed by atoms with Crippen molar-refractivity contribution in [3.63, 3.8) is 0 Å². The highest BCUT2D eigenvalue weighted by atomic mass is 15.1. The van der Waals surface area contributed by atoms with Gasteiger partial charge in [0.05, 0.1) is 0 Å². The van der Waals surface area contributed by atoms with E-state index >= 15 is 0 Å². The van der Waals surface area contributed by atoms with E-state index in [0.29, 0.717) is 0 Å². The van der Waals surface area contributed by atoms with Crippen molar-refractivity contribution in [2.45, 2.75) is 52.0 Å². The predicted molar refractivity (Wildman–Crippen MR) is 67.2 cm³/mol. The van der Waals surface area contributed by atoms with Crippen LogP contribution in [-0.4, -0.2) is 37.6 Å². The second-order valence-electron chi connectivity index (χ2n) is 4.95. The van der Waals surface area contributed by atoms with E-state index in [1.54, 1.807) is 0 Å². The average molecular weight is 212 g/mol. The third-order valence-electron chi connectivity index (χ3n) is 3.61. The van der Waals surface area contributed by atoms with Gasteiger partial charge in [0.1, 0.15) is 0 Å². The summed E-state index contributed by atoms with van der Waals surface area (Å²) < 4.78 is 0. The Bertz CT molecular complexity index is 159. The molecule has 1 N–H and O–H groups in total. The molecule has 0 radical (unpaired) electrons. The molecular formula is C13H28N2. The van der Waals surface area contributed by atoms with Crippen LogP contribution in [0.2, 0.25) is 0 Å². The van der Waals surface area contributed by atoms with E-state index in [0.717, 1.165) is 18.5 Å². The number of nitrogens with zero attached hydrogens (tertiary/aromatic N) is 1. The quantitative estimate of drug-likeness (QED) is 0.697. The minimum Gasteiger partial charge on any atom is -0.314 e. The van der Waals surface area contributed by atoms with Gasteiger partial charge in [0.2, 0.25) is 0 Å². The van der Waals surface area contributed by atoms with Gasteiger partial charge in [-0.05, 0) is 58.3 Å². The number of hydrogen-bond acceptors (Lipinski definition) is 2. The zero-order valence-corrected chi connectivity index (χ0v) is 10.8. The van der Waals surface area contributed by atoms with Crippen LogP contribution >= 0.6 is 0 Å². The van der Waals surface area contributed by atoms with Crippen molar-refractivity contribution >= 4 is 0 Å². The highest BCUT2D eigenvalue weighted by Gasteiger charge is 2.25. The van der Waals surface area contributed by atoms with Crippen molar-refractivity contribution in [3.05, 3.63) is 0 Å². The van der Waals surface area contributed by atoms with Crippen molar-refractivity contribution in [1.82, 2.24) is 10.2 Å². The van der Waals surface area contributed by atoms with E-state index in [-0.39, 0.29) is 0 Å². The molecule has 0 aromatic carbocycles. The van der Waals surface area contributed by atoms with Crippen molar-refractivity contribution < 1.29 is 0 Å². The molecule has 1 saturated carbocycles. The monoisotopic (exact) mass is 212 g/mol. The Hall–Kier alpha value is -0.0800. The number of nitrogens with one attached hydrogen (secondary N) is 1. The average Bonchev–Trinajstić information content (AvgIpc) is 2.64. The molecular weight excluding hydrogens is 184 g/mol. The largest absolute Gasteiger partial charge is 0.314 e. The minimum absolute atomic E-state index is 0.810. The summed E-state index contributed by atoms with van der Waals surface area (Å²) in [7, 11) is 2.25. The van der Waals surface area contributed by atoms with E-state index in [4.69, 9.17) is 0 Å². The molecule has 2 unspecified atom stereocenters. The maximum absolute atomic E-state index is 3.63. The molecule has 0 aromatic rings. The third-order valence-corrected chi connectivity index (χ3v) is 3.61. The van der Waals surface area contributed by atoms with Gasteiger partial charge in [0, 0.05) is 6.04 Å². The number of hydrogen-bond donors (Lipinski definition) is 1. The number of rotatable bonds is 7. The van der Waals surface area contributed by atoms with Gasteiger partial charge >= 0.3 is 0 Å². The predicted octanol–water partition coefficient (Wildman–Crippen LogP) is 2.50. The van der Waals surface area contributed by atoms with Crippen molar-refractivity contribution in [2.24, 2.45) is 5.92 Å². The maximum atomic E-state index is 3.63. The lowest BCUT2D eigenvalue weighted by atomic mass is 9.99. The summed E-state index contributed by atoms with van der Waals surface area (Å²) in [5.74, 6) is 0.934. The van der Waals surface area contributed by atoms with Crippen LogP contribution in [0.15, 0.2) is 0 Å². The Morgan fingerprint density at radius 3 is 2.67 bits per heavy atom. The molecule has 1 fully saturated rings. The summed E-state index contributed by atoms with van der Waals surface area (Å²) in [6.45, 7) is 8.14. The second-order valence-corrected chi connectivity index (χ2v) is 4.95. The van der Waals surface area contributed by atoms with Crippen LogP contribution in [-0.2, 0) is 0 Å². The first-order chi connectivity index (χ1) is 7.27. The molecule has 90 valence electrons. The molecule has 1 aliphatic rings. The van der Waals surface area contributed by atoms with Crippen molar-refractivity contribution in [1.29, 1.82) is 0 Å². The van der Waals surface area contributed by atoms with Crippen LogP contribution in [0.3, 0.4) is 0 Å². The van der Waals surface area contributed by atoms with Gasteiger partial charge in [-0.15, -0.1) is 0 Å². The SMILES string of the molecule is CCCN(C)CCC1CCCC1NCC. The van der Waals surface area contributed by atoms with Crippen LogP contribution in [0.1, 0.15) is 46.0 Å². The molecule has 1 rings (SSSR count). The summed E-state index contributed by atoms with van der Waals surface area (Å²) in [5.41, 5.74) is 0. The first-order valence-corrected chi connectivity index (χ1v) is 6.69. The first-order valence-electron chi connectivity index (χ1n) is 6.69. The molecule has 2 atom stereocenters. The zero-order chi connectivity index (χ0) is 11.1. The molecule has 0 aliphatic heterocycles. The molecule has 0 spiro atoms. The van der Waals surface area contributed by atoms with Gasteiger partial charge in [0.15, 0.2) is 0 Å². The molecule has 1 aliphatic carbocycles. The highest BCUT2D eigenvalue weighted by Crippen LogP contribution is 2.28. The van der Waals surface area contributed by atoms with Gasteiger partial charge in [0.25, 0.3) is 0 Å². The lowest BCUT2D eigenvalue weighted by molar-refractivity contribution is 0.282. The third kappa shape index (κ3) is 4.52. The van der Waals surface area contributed by atoms with Gasteiger partial charge in [-0.25, -0.2) is 0 Å². The summed E-state index contributed by atoms with van der Waals surface area (Å²) in [6.07, 6.45) is 6.93. The van der Waals surface area contributed by atoms with E-state index in [2.05, 4.69) is 31.1 Å². The molecule has 2 heteroatoms. The molecule has 0 bridgehead atoms.